The molecule has 0 spiro atoms. The van der Waals surface area contributed by atoms with E-state index in [9.17, 15) is 0 Å². The first-order valence-corrected chi connectivity index (χ1v) is 10.5. The van der Waals surface area contributed by atoms with Crippen molar-refractivity contribution in [1.29, 1.82) is 0 Å². The maximum Gasteiger partial charge on any atom is 0.180 e. The first-order valence-electron chi connectivity index (χ1n) is 9.71. The second-order valence-corrected chi connectivity index (χ2v) is 7.54. The Balaban J connectivity index is 1.68. The summed E-state index contributed by atoms with van der Waals surface area (Å²) in [5.74, 6) is 1.12. The van der Waals surface area contributed by atoms with E-state index in [0.717, 1.165) is 16.7 Å². The Morgan fingerprint density at radius 1 is 0.967 bits per heavy atom. The molecule has 0 fully saturated rings. The smallest absolute Gasteiger partial charge is 0.180 e. The summed E-state index contributed by atoms with van der Waals surface area (Å²) in [6.07, 6.45) is 1.69. The minimum Gasteiger partial charge on any atom is -0.490 e. The summed E-state index contributed by atoms with van der Waals surface area (Å²) in [6, 6.07) is 19.5. The van der Waals surface area contributed by atoms with Crippen LogP contribution < -0.4 is 14.9 Å². The van der Waals surface area contributed by atoms with Crippen molar-refractivity contribution < 1.29 is 9.47 Å². The molecule has 3 aromatic carbocycles. The highest BCUT2D eigenvalue weighted by Crippen LogP contribution is 2.37. The van der Waals surface area contributed by atoms with Crippen molar-refractivity contribution in [3.63, 3.8) is 0 Å². The van der Waals surface area contributed by atoms with Gasteiger partial charge in [0.15, 0.2) is 11.5 Å². The Kier molecular flexibility index (Phi) is 8.00. The van der Waals surface area contributed by atoms with E-state index in [4.69, 9.17) is 32.7 Å². The lowest BCUT2D eigenvalue weighted by Gasteiger charge is -2.14. The van der Waals surface area contributed by atoms with Gasteiger partial charge in [0.05, 0.1) is 24.4 Å². The van der Waals surface area contributed by atoms with Crippen molar-refractivity contribution in [3.05, 3.63) is 93.0 Å². The topological polar surface area (TPSA) is 42.8 Å². The lowest BCUT2D eigenvalue weighted by Crippen LogP contribution is -2.06. The van der Waals surface area contributed by atoms with E-state index in [1.807, 2.05) is 49.4 Å². The number of nitrogens with zero attached hydrogens (tertiary/aromatic N) is 1. The first kappa shape index (κ1) is 22.0. The Morgan fingerprint density at radius 3 is 2.47 bits per heavy atom. The first-order chi connectivity index (χ1) is 14.6. The van der Waals surface area contributed by atoms with E-state index in [2.05, 4.69) is 29.6 Å². The summed E-state index contributed by atoms with van der Waals surface area (Å²) < 4.78 is 11.7. The van der Waals surface area contributed by atoms with Gasteiger partial charge in [0.2, 0.25) is 0 Å². The Bertz CT molecular complexity index is 1000. The van der Waals surface area contributed by atoms with Crippen LogP contribution in [0.25, 0.3) is 0 Å². The molecule has 0 heterocycles. The molecule has 0 aromatic heterocycles. The number of aryl methyl sites for hydroxylation is 1. The second kappa shape index (κ2) is 10.9. The molecule has 0 amide bonds. The van der Waals surface area contributed by atoms with Crippen molar-refractivity contribution in [2.45, 2.75) is 27.0 Å². The molecule has 0 saturated heterocycles. The van der Waals surface area contributed by atoms with Gasteiger partial charge in [-0.05, 0) is 48.7 Å². The van der Waals surface area contributed by atoms with Crippen molar-refractivity contribution in [1.82, 2.24) is 5.43 Å². The SMILES string of the molecule is CCOc1cc(/C=N\NCc2ccccc2Cl)cc(Cl)c1OCc1ccc(C)cc1. The molecule has 0 radical (unpaired) electrons. The molecule has 3 rings (SSSR count). The van der Waals surface area contributed by atoms with Gasteiger partial charge >= 0.3 is 0 Å². The van der Waals surface area contributed by atoms with Gasteiger partial charge in [0.1, 0.15) is 6.61 Å². The molecule has 0 unspecified atom stereocenters. The third kappa shape index (κ3) is 6.15. The van der Waals surface area contributed by atoms with Crippen molar-refractivity contribution >= 4 is 29.4 Å². The highest BCUT2D eigenvalue weighted by molar-refractivity contribution is 6.32. The minimum absolute atomic E-state index is 0.410. The quantitative estimate of drug-likeness (QED) is 0.307. The van der Waals surface area contributed by atoms with Gasteiger partial charge in [-0.15, -0.1) is 0 Å². The summed E-state index contributed by atoms with van der Waals surface area (Å²) in [4.78, 5) is 0. The van der Waals surface area contributed by atoms with Crippen molar-refractivity contribution in [2.24, 2.45) is 5.10 Å². The highest BCUT2D eigenvalue weighted by Gasteiger charge is 2.12. The normalized spacial score (nSPS) is 10.9. The van der Waals surface area contributed by atoms with Crippen LogP contribution in [0, 0.1) is 6.92 Å². The molecular weight excluding hydrogens is 419 g/mol. The van der Waals surface area contributed by atoms with Crippen LogP contribution in [0.4, 0.5) is 0 Å². The molecule has 0 bridgehead atoms. The van der Waals surface area contributed by atoms with Gasteiger partial charge in [-0.1, -0.05) is 71.2 Å². The zero-order chi connectivity index (χ0) is 21.3. The predicted octanol–water partition coefficient (Wildman–Crippen LogP) is 6.40. The Morgan fingerprint density at radius 2 is 1.73 bits per heavy atom. The zero-order valence-corrected chi connectivity index (χ0v) is 18.5. The third-order valence-electron chi connectivity index (χ3n) is 4.37. The lowest BCUT2D eigenvalue weighted by atomic mass is 10.1. The number of halogens is 2. The van der Waals surface area contributed by atoms with Crippen LogP contribution in [0.2, 0.25) is 10.0 Å². The zero-order valence-electron chi connectivity index (χ0n) is 17.0. The van der Waals surface area contributed by atoms with Crippen LogP contribution in [0.15, 0.2) is 65.8 Å². The number of nitrogens with one attached hydrogen (secondary N) is 1. The van der Waals surface area contributed by atoms with Gasteiger partial charge in [0, 0.05) is 5.02 Å². The summed E-state index contributed by atoms with van der Waals surface area (Å²) in [5.41, 5.74) is 7.05. The molecule has 1 N–H and O–H groups in total. The molecule has 30 heavy (non-hydrogen) atoms. The number of benzene rings is 3. The predicted molar refractivity (Wildman–Crippen MR) is 124 cm³/mol. The van der Waals surface area contributed by atoms with Gasteiger partial charge in [-0.3, -0.25) is 0 Å². The minimum atomic E-state index is 0.410. The van der Waals surface area contributed by atoms with Crippen LogP contribution in [-0.4, -0.2) is 12.8 Å². The van der Waals surface area contributed by atoms with Crippen LogP contribution in [0.3, 0.4) is 0 Å². The number of rotatable bonds is 9. The van der Waals surface area contributed by atoms with E-state index >= 15 is 0 Å². The number of hydrazone groups is 1. The number of hydrogen-bond acceptors (Lipinski definition) is 4. The molecule has 6 heteroatoms. The van der Waals surface area contributed by atoms with Gasteiger partial charge in [0.25, 0.3) is 0 Å². The maximum absolute atomic E-state index is 6.49. The molecule has 0 atom stereocenters. The van der Waals surface area contributed by atoms with E-state index in [-0.39, 0.29) is 0 Å². The molecule has 156 valence electrons. The summed E-state index contributed by atoms with van der Waals surface area (Å²) in [7, 11) is 0. The van der Waals surface area contributed by atoms with E-state index in [1.165, 1.54) is 5.56 Å². The second-order valence-electron chi connectivity index (χ2n) is 6.72. The average molecular weight is 443 g/mol. The Labute approximate surface area is 187 Å². The molecular formula is C24H24Cl2N2O2. The largest absolute Gasteiger partial charge is 0.490 e. The Hall–Kier alpha value is -2.69. The summed E-state index contributed by atoms with van der Waals surface area (Å²) in [6.45, 7) is 5.41. The molecule has 0 aliphatic carbocycles. The monoisotopic (exact) mass is 442 g/mol. The lowest BCUT2D eigenvalue weighted by molar-refractivity contribution is 0.269. The van der Waals surface area contributed by atoms with Gasteiger partial charge < -0.3 is 14.9 Å². The number of ether oxygens (including phenoxy) is 2. The third-order valence-corrected chi connectivity index (χ3v) is 5.02. The molecule has 0 saturated carbocycles. The van der Waals surface area contributed by atoms with E-state index in [1.54, 1.807) is 12.3 Å². The highest BCUT2D eigenvalue weighted by atomic mass is 35.5. The molecule has 4 nitrogen and oxygen atoms in total. The standard InChI is InChI=1S/C24H24Cl2N2O2/c1-3-29-23-13-19(14-27-28-15-20-6-4-5-7-21(20)25)12-22(26)24(23)30-16-18-10-8-17(2)9-11-18/h4-14,28H,3,15-16H2,1-2H3/b27-14-. The van der Waals surface area contributed by atoms with Gasteiger partial charge in [-0.25, -0.2) is 0 Å². The summed E-state index contributed by atoms with van der Waals surface area (Å²) in [5, 5.41) is 5.44. The fraction of sp³-hybridized carbons (Fsp3) is 0.208. The summed E-state index contributed by atoms with van der Waals surface area (Å²) >= 11 is 12.6. The molecule has 0 aliphatic heterocycles. The van der Waals surface area contributed by atoms with Crippen LogP contribution in [-0.2, 0) is 13.2 Å². The van der Waals surface area contributed by atoms with E-state index in [0.29, 0.717) is 41.3 Å². The number of hydrogen-bond donors (Lipinski definition) is 1. The van der Waals surface area contributed by atoms with Gasteiger partial charge in [-0.2, -0.15) is 5.10 Å². The van der Waals surface area contributed by atoms with Crippen LogP contribution in [0.5, 0.6) is 11.5 Å². The molecule has 3 aromatic rings. The average Bonchev–Trinajstić information content (AvgIpc) is 2.73. The van der Waals surface area contributed by atoms with E-state index < -0.39 is 0 Å². The maximum atomic E-state index is 6.49. The van der Waals surface area contributed by atoms with Crippen LogP contribution >= 0.6 is 23.2 Å². The fourth-order valence-electron chi connectivity index (χ4n) is 2.80. The fourth-order valence-corrected chi connectivity index (χ4v) is 3.27. The van der Waals surface area contributed by atoms with Crippen molar-refractivity contribution in [3.8, 4) is 11.5 Å². The van der Waals surface area contributed by atoms with Crippen LogP contribution in [0.1, 0.15) is 29.2 Å². The van der Waals surface area contributed by atoms with Crippen molar-refractivity contribution in [2.75, 3.05) is 6.61 Å². The molecule has 0 aliphatic rings.